The number of hydrogen-bond acceptors (Lipinski definition) is 2. The fraction of sp³-hybridized carbons (Fsp3) is 0. The lowest BCUT2D eigenvalue weighted by Crippen LogP contribution is -2.11. The molecule has 3 aromatic carbocycles. The standard InChI is InChI=1S/C19H11Cl2NO2/c20-12-6-7-15(21)16(9-12)22-19(23)18-10-14-13-4-2-1-3-11(13)5-8-17(14)24-18/h1-10H,(H,22,23). The summed E-state index contributed by atoms with van der Waals surface area (Å²) < 4.78 is 5.69. The highest BCUT2D eigenvalue weighted by atomic mass is 35.5. The number of carbonyl (C=O) groups is 1. The molecule has 0 aliphatic heterocycles. The van der Waals surface area contributed by atoms with E-state index in [-0.39, 0.29) is 11.7 Å². The Morgan fingerprint density at radius 1 is 0.917 bits per heavy atom. The Morgan fingerprint density at radius 3 is 2.62 bits per heavy atom. The Kier molecular flexibility index (Phi) is 3.68. The molecule has 0 spiro atoms. The van der Waals surface area contributed by atoms with Gasteiger partial charge in [-0.1, -0.05) is 53.5 Å². The van der Waals surface area contributed by atoms with Crippen LogP contribution < -0.4 is 5.32 Å². The van der Waals surface area contributed by atoms with Crippen LogP contribution in [0.5, 0.6) is 0 Å². The molecule has 118 valence electrons. The number of benzene rings is 3. The third-order valence-electron chi connectivity index (χ3n) is 3.83. The molecule has 4 aromatic rings. The van der Waals surface area contributed by atoms with Gasteiger partial charge in [0.2, 0.25) is 0 Å². The maximum Gasteiger partial charge on any atom is 0.291 e. The topological polar surface area (TPSA) is 42.2 Å². The van der Waals surface area contributed by atoms with Gasteiger partial charge >= 0.3 is 0 Å². The van der Waals surface area contributed by atoms with Crippen molar-refractivity contribution in [3.8, 4) is 0 Å². The molecule has 0 saturated carbocycles. The monoisotopic (exact) mass is 355 g/mol. The highest BCUT2D eigenvalue weighted by Crippen LogP contribution is 2.30. The van der Waals surface area contributed by atoms with Gasteiger partial charge in [0.15, 0.2) is 5.76 Å². The van der Waals surface area contributed by atoms with Crippen molar-refractivity contribution in [2.24, 2.45) is 0 Å². The zero-order valence-corrected chi connectivity index (χ0v) is 13.9. The number of anilines is 1. The maximum atomic E-state index is 12.5. The average molecular weight is 356 g/mol. The molecule has 4 rings (SSSR count). The number of fused-ring (bicyclic) bond motifs is 3. The summed E-state index contributed by atoms with van der Waals surface area (Å²) in [6.45, 7) is 0. The molecule has 0 atom stereocenters. The number of rotatable bonds is 2. The van der Waals surface area contributed by atoms with Crippen LogP contribution in [0.25, 0.3) is 21.7 Å². The van der Waals surface area contributed by atoms with E-state index in [2.05, 4.69) is 5.32 Å². The zero-order chi connectivity index (χ0) is 16.7. The highest BCUT2D eigenvalue weighted by Gasteiger charge is 2.15. The van der Waals surface area contributed by atoms with Gasteiger partial charge in [0.1, 0.15) is 5.58 Å². The molecule has 0 aliphatic carbocycles. The Morgan fingerprint density at radius 2 is 1.75 bits per heavy atom. The molecule has 0 unspecified atom stereocenters. The summed E-state index contributed by atoms with van der Waals surface area (Å²) in [7, 11) is 0. The largest absolute Gasteiger partial charge is 0.451 e. The molecule has 1 heterocycles. The number of halogens is 2. The number of amides is 1. The lowest BCUT2D eigenvalue weighted by molar-refractivity contribution is 0.0998. The smallest absolute Gasteiger partial charge is 0.291 e. The summed E-state index contributed by atoms with van der Waals surface area (Å²) in [5.74, 6) is -0.156. The van der Waals surface area contributed by atoms with E-state index >= 15 is 0 Å². The minimum Gasteiger partial charge on any atom is -0.451 e. The third kappa shape index (κ3) is 2.62. The fourth-order valence-corrected chi connectivity index (χ4v) is 3.02. The molecule has 0 bridgehead atoms. The van der Waals surface area contributed by atoms with Crippen molar-refractivity contribution in [2.45, 2.75) is 0 Å². The summed E-state index contributed by atoms with van der Waals surface area (Å²) in [5.41, 5.74) is 1.11. The van der Waals surface area contributed by atoms with Gasteiger partial charge in [-0.25, -0.2) is 0 Å². The summed E-state index contributed by atoms with van der Waals surface area (Å²) in [6.07, 6.45) is 0. The van der Waals surface area contributed by atoms with Gasteiger partial charge in [-0.3, -0.25) is 4.79 Å². The lowest BCUT2D eigenvalue weighted by Gasteiger charge is -2.05. The first kappa shape index (κ1) is 15.1. The number of hydrogen-bond donors (Lipinski definition) is 1. The van der Waals surface area contributed by atoms with Crippen molar-refractivity contribution in [2.75, 3.05) is 5.32 Å². The maximum absolute atomic E-state index is 12.5. The van der Waals surface area contributed by atoms with Crippen LogP contribution in [0.3, 0.4) is 0 Å². The quantitative estimate of drug-likeness (QED) is 0.468. The average Bonchev–Trinajstić information content (AvgIpc) is 3.03. The minimum atomic E-state index is -0.376. The normalized spacial score (nSPS) is 11.1. The summed E-state index contributed by atoms with van der Waals surface area (Å²) in [4.78, 5) is 12.5. The highest BCUT2D eigenvalue weighted by molar-refractivity contribution is 6.35. The van der Waals surface area contributed by atoms with Crippen molar-refractivity contribution in [3.05, 3.63) is 76.5 Å². The van der Waals surface area contributed by atoms with Crippen molar-refractivity contribution in [1.82, 2.24) is 0 Å². The number of furan rings is 1. The minimum absolute atomic E-state index is 0.220. The predicted octanol–water partition coefficient (Wildman–Crippen LogP) is 6.15. The van der Waals surface area contributed by atoms with Crippen LogP contribution in [-0.2, 0) is 0 Å². The van der Waals surface area contributed by atoms with Gasteiger partial charge in [0.05, 0.1) is 10.7 Å². The second-order valence-electron chi connectivity index (χ2n) is 5.39. The van der Waals surface area contributed by atoms with E-state index in [0.29, 0.717) is 21.3 Å². The molecular formula is C19H11Cl2NO2. The van der Waals surface area contributed by atoms with Crippen LogP contribution in [0, 0.1) is 0 Å². The summed E-state index contributed by atoms with van der Waals surface area (Å²) >= 11 is 12.0. The van der Waals surface area contributed by atoms with E-state index in [0.717, 1.165) is 16.2 Å². The molecule has 24 heavy (non-hydrogen) atoms. The fourth-order valence-electron chi connectivity index (χ4n) is 2.68. The van der Waals surface area contributed by atoms with Crippen LogP contribution >= 0.6 is 23.2 Å². The number of carbonyl (C=O) groups excluding carboxylic acids is 1. The van der Waals surface area contributed by atoms with Crippen molar-refractivity contribution in [3.63, 3.8) is 0 Å². The molecular weight excluding hydrogens is 345 g/mol. The Labute approximate surface area is 147 Å². The molecule has 1 N–H and O–H groups in total. The van der Waals surface area contributed by atoms with Crippen LogP contribution in [0.1, 0.15) is 10.6 Å². The van der Waals surface area contributed by atoms with Crippen LogP contribution in [-0.4, -0.2) is 5.91 Å². The van der Waals surface area contributed by atoms with Crippen molar-refractivity contribution >= 4 is 56.5 Å². The van der Waals surface area contributed by atoms with Crippen molar-refractivity contribution in [1.29, 1.82) is 0 Å². The second-order valence-corrected chi connectivity index (χ2v) is 6.23. The van der Waals surface area contributed by atoms with Gasteiger partial charge in [0, 0.05) is 10.4 Å². The molecule has 0 fully saturated rings. The van der Waals surface area contributed by atoms with Crippen LogP contribution in [0.15, 0.2) is 65.1 Å². The molecule has 0 aliphatic rings. The SMILES string of the molecule is O=C(Nc1cc(Cl)ccc1Cl)c1cc2c(ccc3ccccc32)o1. The Balaban J connectivity index is 1.74. The molecule has 0 saturated heterocycles. The van der Waals surface area contributed by atoms with Gasteiger partial charge in [0.25, 0.3) is 5.91 Å². The summed E-state index contributed by atoms with van der Waals surface area (Å²) in [5, 5.41) is 6.66. The van der Waals surface area contributed by atoms with Crippen LogP contribution in [0.2, 0.25) is 10.0 Å². The third-order valence-corrected chi connectivity index (χ3v) is 4.39. The van der Waals surface area contributed by atoms with E-state index < -0.39 is 0 Å². The first-order chi connectivity index (χ1) is 11.6. The molecule has 5 heteroatoms. The van der Waals surface area contributed by atoms with Gasteiger partial charge in [-0.05, 0) is 41.1 Å². The van der Waals surface area contributed by atoms with Crippen molar-refractivity contribution < 1.29 is 9.21 Å². The van der Waals surface area contributed by atoms with E-state index in [4.69, 9.17) is 27.6 Å². The van der Waals surface area contributed by atoms with Gasteiger partial charge < -0.3 is 9.73 Å². The lowest BCUT2D eigenvalue weighted by atomic mass is 10.1. The van der Waals surface area contributed by atoms with Gasteiger partial charge in [-0.2, -0.15) is 0 Å². The summed E-state index contributed by atoms with van der Waals surface area (Å²) in [6, 6.07) is 18.4. The molecule has 1 aromatic heterocycles. The Bertz CT molecular complexity index is 1090. The van der Waals surface area contributed by atoms with E-state index in [1.54, 1.807) is 24.3 Å². The first-order valence-corrected chi connectivity index (χ1v) is 8.05. The first-order valence-electron chi connectivity index (χ1n) is 7.29. The van der Waals surface area contributed by atoms with E-state index in [9.17, 15) is 4.79 Å². The van der Waals surface area contributed by atoms with Gasteiger partial charge in [-0.15, -0.1) is 0 Å². The predicted molar refractivity (Wildman–Crippen MR) is 98.1 cm³/mol. The molecule has 1 amide bonds. The second kappa shape index (κ2) is 5.86. The van der Waals surface area contributed by atoms with Crippen LogP contribution in [0.4, 0.5) is 5.69 Å². The molecule has 3 nitrogen and oxygen atoms in total. The zero-order valence-electron chi connectivity index (χ0n) is 12.3. The number of nitrogens with one attached hydrogen (secondary N) is 1. The van der Waals surface area contributed by atoms with E-state index in [1.807, 2.05) is 36.4 Å². The Hall–Kier alpha value is -2.49. The van der Waals surface area contributed by atoms with E-state index in [1.165, 1.54) is 0 Å². The molecule has 0 radical (unpaired) electrons.